The van der Waals surface area contributed by atoms with E-state index in [1.165, 1.54) is 18.2 Å². The first kappa shape index (κ1) is 8.74. The topological polar surface area (TPSA) is 40.5 Å². The SMILES string of the molecule is C=CC(O)c1ccc(O)c(F)c1. The predicted molar refractivity (Wildman–Crippen MR) is 43.2 cm³/mol. The first-order valence-corrected chi connectivity index (χ1v) is 3.44. The van der Waals surface area contributed by atoms with Crippen LogP contribution < -0.4 is 0 Å². The summed E-state index contributed by atoms with van der Waals surface area (Å²) in [5.74, 6) is -1.16. The fourth-order valence-corrected chi connectivity index (χ4v) is 0.843. The van der Waals surface area contributed by atoms with Crippen LogP contribution in [0.15, 0.2) is 30.9 Å². The molecule has 0 amide bonds. The van der Waals surface area contributed by atoms with E-state index in [0.29, 0.717) is 5.56 Å². The molecule has 1 rings (SSSR count). The first-order chi connectivity index (χ1) is 5.65. The van der Waals surface area contributed by atoms with E-state index in [1.54, 1.807) is 0 Å². The van der Waals surface area contributed by atoms with Gasteiger partial charge in [-0.15, -0.1) is 6.58 Å². The molecule has 0 heterocycles. The molecule has 1 unspecified atom stereocenters. The Kier molecular flexibility index (Phi) is 2.45. The van der Waals surface area contributed by atoms with E-state index in [9.17, 15) is 9.50 Å². The lowest BCUT2D eigenvalue weighted by atomic mass is 10.1. The number of rotatable bonds is 2. The number of phenols is 1. The van der Waals surface area contributed by atoms with Gasteiger partial charge in [-0.05, 0) is 17.7 Å². The number of hydrogen-bond donors (Lipinski definition) is 2. The minimum atomic E-state index is -0.889. The molecule has 0 aliphatic rings. The van der Waals surface area contributed by atoms with E-state index < -0.39 is 17.7 Å². The van der Waals surface area contributed by atoms with Crippen molar-refractivity contribution < 1.29 is 14.6 Å². The molecule has 0 fully saturated rings. The fraction of sp³-hybridized carbons (Fsp3) is 0.111. The van der Waals surface area contributed by atoms with E-state index in [0.717, 1.165) is 6.07 Å². The molecule has 64 valence electrons. The molecule has 3 heteroatoms. The number of phenolic OH excluding ortho intramolecular Hbond substituents is 1. The van der Waals surface area contributed by atoms with Crippen LogP contribution in [-0.4, -0.2) is 10.2 Å². The highest BCUT2D eigenvalue weighted by molar-refractivity contribution is 5.30. The molecule has 1 atom stereocenters. The van der Waals surface area contributed by atoms with Gasteiger partial charge in [0.05, 0.1) is 6.10 Å². The second-order valence-corrected chi connectivity index (χ2v) is 2.39. The Labute approximate surface area is 69.6 Å². The predicted octanol–water partition coefficient (Wildman–Crippen LogP) is 1.75. The third-order valence-corrected chi connectivity index (χ3v) is 1.54. The summed E-state index contributed by atoms with van der Waals surface area (Å²) in [7, 11) is 0. The van der Waals surface area contributed by atoms with Gasteiger partial charge >= 0.3 is 0 Å². The van der Waals surface area contributed by atoms with Crippen molar-refractivity contribution in [1.29, 1.82) is 0 Å². The summed E-state index contributed by atoms with van der Waals surface area (Å²) in [5.41, 5.74) is 0.375. The van der Waals surface area contributed by atoms with Gasteiger partial charge < -0.3 is 10.2 Å². The van der Waals surface area contributed by atoms with E-state index in [-0.39, 0.29) is 0 Å². The molecule has 1 aromatic carbocycles. The molecule has 0 radical (unpaired) electrons. The summed E-state index contributed by atoms with van der Waals surface area (Å²) in [6.07, 6.45) is 0.395. The average molecular weight is 168 g/mol. The molecule has 0 saturated heterocycles. The number of aliphatic hydroxyl groups excluding tert-OH is 1. The first-order valence-electron chi connectivity index (χ1n) is 3.44. The van der Waals surface area contributed by atoms with Crippen LogP contribution in [0.1, 0.15) is 11.7 Å². The summed E-state index contributed by atoms with van der Waals surface area (Å²) < 4.78 is 12.7. The lowest BCUT2D eigenvalue weighted by Crippen LogP contribution is -1.92. The number of aliphatic hydroxyl groups is 1. The van der Waals surface area contributed by atoms with Gasteiger partial charge in [0.2, 0.25) is 0 Å². The Morgan fingerprint density at radius 2 is 2.17 bits per heavy atom. The van der Waals surface area contributed by atoms with Crippen LogP contribution in [0, 0.1) is 5.82 Å². The lowest BCUT2D eigenvalue weighted by Gasteiger charge is -2.05. The maximum atomic E-state index is 12.7. The lowest BCUT2D eigenvalue weighted by molar-refractivity contribution is 0.228. The van der Waals surface area contributed by atoms with Crippen molar-refractivity contribution in [3.05, 3.63) is 42.2 Å². The molecular formula is C9H9FO2. The van der Waals surface area contributed by atoms with Gasteiger partial charge in [-0.3, -0.25) is 0 Å². The van der Waals surface area contributed by atoms with Crippen LogP contribution in [0.5, 0.6) is 5.75 Å². The van der Waals surface area contributed by atoms with Gasteiger partial charge in [0.1, 0.15) is 0 Å². The monoisotopic (exact) mass is 168 g/mol. The van der Waals surface area contributed by atoms with Crippen LogP contribution in [0.2, 0.25) is 0 Å². The standard InChI is InChI=1S/C9H9FO2/c1-2-8(11)6-3-4-9(12)7(10)5-6/h2-5,8,11-12H,1H2. The van der Waals surface area contributed by atoms with E-state index >= 15 is 0 Å². The van der Waals surface area contributed by atoms with Crippen LogP contribution in [0.4, 0.5) is 4.39 Å². The minimum Gasteiger partial charge on any atom is -0.505 e. The Morgan fingerprint density at radius 1 is 1.50 bits per heavy atom. The molecule has 0 bridgehead atoms. The maximum absolute atomic E-state index is 12.7. The summed E-state index contributed by atoms with van der Waals surface area (Å²) in [5, 5.41) is 18.0. The van der Waals surface area contributed by atoms with Crippen molar-refractivity contribution in [2.24, 2.45) is 0 Å². The Hall–Kier alpha value is -1.35. The van der Waals surface area contributed by atoms with E-state index in [4.69, 9.17) is 5.11 Å². The molecule has 0 spiro atoms. The van der Waals surface area contributed by atoms with Gasteiger partial charge in [-0.25, -0.2) is 4.39 Å². The number of hydrogen-bond acceptors (Lipinski definition) is 2. The zero-order valence-electron chi connectivity index (χ0n) is 6.37. The zero-order chi connectivity index (χ0) is 9.14. The van der Waals surface area contributed by atoms with Gasteiger partial charge in [0, 0.05) is 0 Å². The third kappa shape index (κ3) is 1.62. The van der Waals surface area contributed by atoms with Crippen molar-refractivity contribution in [1.82, 2.24) is 0 Å². The van der Waals surface area contributed by atoms with Gasteiger partial charge in [-0.1, -0.05) is 12.1 Å². The van der Waals surface area contributed by atoms with Crippen molar-refractivity contribution in [3.63, 3.8) is 0 Å². The molecule has 12 heavy (non-hydrogen) atoms. The molecule has 0 aromatic heterocycles. The highest BCUT2D eigenvalue weighted by Crippen LogP contribution is 2.20. The Bertz CT molecular complexity index is 297. The van der Waals surface area contributed by atoms with E-state index in [2.05, 4.69) is 6.58 Å². The second-order valence-electron chi connectivity index (χ2n) is 2.39. The summed E-state index contributed by atoms with van der Waals surface area (Å²) in [6.45, 7) is 3.35. The van der Waals surface area contributed by atoms with Crippen molar-refractivity contribution >= 4 is 0 Å². The van der Waals surface area contributed by atoms with Crippen LogP contribution >= 0.6 is 0 Å². The molecule has 0 saturated carbocycles. The smallest absolute Gasteiger partial charge is 0.165 e. The van der Waals surface area contributed by atoms with Crippen molar-refractivity contribution in [2.45, 2.75) is 6.10 Å². The van der Waals surface area contributed by atoms with Gasteiger partial charge in [0.15, 0.2) is 11.6 Å². The highest BCUT2D eigenvalue weighted by atomic mass is 19.1. The summed E-state index contributed by atoms with van der Waals surface area (Å²) >= 11 is 0. The van der Waals surface area contributed by atoms with Gasteiger partial charge in [-0.2, -0.15) is 0 Å². The Balaban J connectivity index is 3.04. The highest BCUT2D eigenvalue weighted by Gasteiger charge is 2.06. The van der Waals surface area contributed by atoms with Crippen molar-refractivity contribution in [2.75, 3.05) is 0 Å². The summed E-state index contributed by atoms with van der Waals surface area (Å²) in [6, 6.07) is 3.70. The fourth-order valence-electron chi connectivity index (χ4n) is 0.843. The molecular weight excluding hydrogens is 159 g/mol. The quantitative estimate of drug-likeness (QED) is 0.660. The van der Waals surface area contributed by atoms with E-state index in [1.807, 2.05) is 0 Å². The van der Waals surface area contributed by atoms with Gasteiger partial charge in [0.25, 0.3) is 0 Å². The van der Waals surface area contributed by atoms with Crippen molar-refractivity contribution in [3.8, 4) is 5.75 Å². The molecule has 0 aliphatic carbocycles. The van der Waals surface area contributed by atoms with Crippen LogP contribution in [-0.2, 0) is 0 Å². The molecule has 1 aromatic rings. The molecule has 2 nitrogen and oxygen atoms in total. The van der Waals surface area contributed by atoms with Crippen LogP contribution in [0.25, 0.3) is 0 Å². The third-order valence-electron chi connectivity index (χ3n) is 1.54. The number of aromatic hydroxyl groups is 1. The zero-order valence-corrected chi connectivity index (χ0v) is 6.37. The number of halogens is 1. The molecule has 2 N–H and O–H groups in total. The summed E-state index contributed by atoms with van der Waals surface area (Å²) in [4.78, 5) is 0. The largest absolute Gasteiger partial charge is 0.505 e. The van der Waals surface area contributed by atoms with Crippen LogP contribution in [0.3, 0.4) is 0 Å². The second kappa shape index (κ2) is 3.36. The normalized spacial score (nSPS) is 12.5. The minimum absolute atomic E-state index is 0.375. The number of benzene rings is 1. The molecule has 0 aliphatic heterocycles. The maximum Gasteiger partial charge on any atom is 0.165 e. The average Bonchev–Trinajstić information content (AvgIpc) is 2.08. The Morgan fingerprint density at radius 3 is 2.67 bits per heavy atom.